The Labute approximate surface area is 180 Å². The number of fused-ring (bicyclic) bond motifs is 1. The molecule has 0 atom stereocenters. The Morgan fingerprint density at radius 2 is 1.81 bits per heavy atom. The van der Waals surface area contributed by atoms with Gasteiger partial charge < -0.3 is 4.90 Å². The maximum atomic E-state index is 13.1. The normalized spacial score (nSPS) is 15.0. The third-order valence-electron chi connectivity index (χ3n) is 6.06. The second-order valence-electron chi connectivity index (χ2n) is 8.04. The highest BCUT2D eigenvalue weighted by molar-refractivity contribution is 5.93. The van der Waals surface area contributed by atoms with Crippen molar-refractivity contribution in [1.82, 2.24) is 25.1 Å². The highest BCUT2D eigenvalue weighted by Crippen LogP contribution is 2.30. The number of benzene rings is 2. The molecule has 31 heavy (non-hydrogen) atoms. The summed E-state index contributed by atoms with van der Waals surface area (Å²) in [6, 6.07) is 13.1. The van der Waals surface area contributed by atoms with E-state index in [-0.39, 0.29) is 5.82 Å². The molecular formula is C24H25FN6. The molecule has 0 bridgehead atoms. The number of piperazine rings is 1. The summed E-state index contributed by atoms with van der Waals surface area (Å²) in [6.45, 7) is 6.81. The number of aryl methyl sites for hydroxylation is 1. The zero-order valence-electron chi connectivity index (χ0n) is 17.6. The number of rotatable bonds is 5. The Balaban J connectivity index is 1.30. The molecular weight excluding hydrogens is 391 g/mol. The van der Waals surface area contributed by atoms with Crippen molar-refractivity contribution in [2.24, 2.45) is 0 Å². The fraction of sp³-hybridized carbons (Fsp3) is 0.292. The number of halogens is 1. The fourth-order valence-electron chi connectivity index (χ4n) is 4.23. The fourth-order valence-corrected chi connectivity index (χ4v) is 4.23. The van der Waals surface area contributed by atoms with Crippen LogP contribution in [-0.4, -0.2) is 57.8 Å². The molecule has 2 aromatic heterocycles. The topological polar surface area (TPSA) is 60.9 Å². The van der Waals surface area contributed by atoms with Gasteiger partial charge in [-0.25, -0.2) is 14.4 Å². The molecule has 4 aromatic rings. The summed E-state index contributed by atoms with van der Waals surface area (Å²) >= 11 is 0. The number of anilines is 1. The molecule has 0 spiro atoms. The first-order chi connectivity index (χ1) is 15.2. The summed E-state index contributed by atoms with van der Waals surface area (Å²) in [5.74, 6) is 0.812. The summed E-state index contributed by atoms with van der Waals surface area (Å²) < 4.78 is 13.1. The molecule has 0 amide bonds. The second kappa shape index (κ2) is 8.43. The lowest BCUT2D eigenvalue weighted by Gasteiger charge is -2.35. The third-order valence-corrected chi connectivity index (χ3v) is 6.06. The van der Waals surface area contributed by atoms with Crippen molar-refractivity contribution in [1.29, 1.82) is 0 Å². The van der Waals surface area contributed by atoms with Gasteiger partial charge in [-0.05, 0) is 48.7 Å². The summed E-state index contributed by atoms with van der Waals surface area (Å²) in [4.78, 5) is 13.9. The first-order valence-corrected chi connectivity index (χ1v) is 10.6. The largest absolute Gasteiger partial charge is 0.353 e. The molecule has 1 aliphatic rings. The van der Waals surface area contributed by atoms with Crippen LogP contribution in [0.1, 0.15) is 11.3 Å². The van der Waals surface area contributed by atoms with Crippen LogP contribution >= 0.6 is 0 Å². The number of hydrogen-bond donors (Lipinski definition) is 1. The highest BCUT2D eigenvalue weighted by Gasteiger charge is 2.20. The van der Waals surface area contributed by atoms with Crippen molar-refractivity contribution in [3.8, 4) is 11.1 Å². The molecule has 2 aromatic carbocycles. The van der Waals surface area contributed by atoms with Gasteiger partial charge in [0.15, 0.2) is 0 Å². The lowest BCUT2D eigenvalue weighted by atomic mass is 10.0. The highest BCUT2D eigenvalue weighted by atomic mass is 19.1. The molecule has 0 saturated carbocycles. The van der Waals surface area contributed by atoms with E-state index in [1.54, 1.807) is 6.33 Å². The molecule has 1 aliphatic heterocycles. The third kappa shape index (κ3) is 4.14. The Morgan fingerprint density at radius 3 is 2.55 bits per heavy atom. The minimum absolute atomic E-state index is 0.180. The van der Waals surface area contributed by atoms with Gasteiger partial charge in [-0.15, -0.1) is 0 Å². The standard InChI is InChI=1S/C24H25FN6/c1-17-22(15-28-29-17)19-4-7-23-21(14-19)24(27-16-26-23)31-12-10-30(11-13-31)9-8-18-2-5-20(25)6-3-18/h2-7,14-16H,8-13H2,1H3,(H,28,29). The van der Waals surface area contributed by atoms with Gasteiger partial charge in [-0.3, -0.25) is 10.00 Å². The van der Waals surface area contributed by atoms with E-state index in [1.165, 1.54) is 17.7 Å². The lowest BCUT2D eigenvalue weighted by Crippen LogP contribution is -2.47. The van der Waals surface area contributed by atoms with Crippen LogP contribution in [0.4, 0.5) is 10.2 Å². The maximum absolute atomic E-state index is 13.1. The van der Waals surface area contributed by atoms with Crippen molar-refractivity contribution in [3.05, 3.63) is 72.1 Å². The van der Waals surface area contributed by atoms with Crippen LogP contribution in [0.25, 0.3) is 22.0 Å². The van der Waals surface area contributed by atoms with Crippen LogP contribution in [0.3, 0.4) is 0 Å². The average Bonchev–Trinajstić information content (AvgIpc) is 3.24. The predicted molar refractivity (Wildman–Crippen MR) is 121 cm³/mol. The summed E-state index contributed by atoms with van der Waals surface area (Å²) in [5.41, 5.74) is 5.39. The van der Waals surface area contributed by atoms with Crippen molar-refractivity contribution >= 4 is 16.7 Å². The van der Waals surface area contributed by atoms with E-state index in [1.807, 2.05) is 25.3 Å². The van der Waals surface area contributed by atoms with Gasteiger partial charge in [0.05, 0.1) is 11.7 Å². The van der Waals surface area contributed by atoms with Gasteiger partial charge in [0.1, 0.15) is 18.0 Å². The van der Waals surface area contributed by atoms with E-state index in [0.29, 0.717) is 0 Å². The van der Waals surface area contributed by atoms with Crippen molar-refractivity contribution in [3.63, 3.8) is 0 Å². The number of nitrogens with one attached hydrogen (secondary N) is 1. The number of H-pyrrole nitrogens is 1. The van der Waals surface area contributed by atoms with Crippen LogP contribution in [0, 0.1) is 12.7 Å². The van der Waals surface area contributed by atoms with Gasteiger partial charge in [-0.1, -0.05) is 18.2 Å². The summed E-state index contributed by atoms with van der Waals surface area (Å²) in [7, 11) is 0. The number of nitrogens with zero attached hydrogens (tertiary/aromatic N) is 5. The molecule has 0 aliphatic carbocycles. The molecule has 158 valence electrons. The predicted octanol–water partition coefficient (Wildman–Crippen LogP) is 3.83. The Morgan fingerprint density at radius 1 is 1.00 bits per heavy atom. The van der Waals surface area contributed by atoms with Gasteiger partial charge in [0, 0.05) is 49.4 Å². The molecule has 6 nitrogen and oxygen atoms in total. The zero-order chi connectivity index (χ0) is 21.2. The van der Waals surface area contributed by atoms with E-state index >= 15 is 0 Å². The molecule has 7 heteroatoms. The molecule has 1 saturated heterocycles. The quantitative estimate of drug-likeness (QED) is 0.536. The Kier molecular flexibility index (Phi) is 5.34. The molecule has 0 radical (unpaired) electrons. The minimum atomic E-state index is -0.180. The first kappa shape index (κ1) is 19.6. The smallest absolute Gasteiger partial charge is 0.139 e. The first-order valence-electron chi connectivity index (χ1n) is 10.6. The van der Waals surface area contributed by atoms with Gasteiger partial charge in [0.25, 0.3) is 0 Å². The van der Waals surface area contributed by atoms with Crippen molar-refractivity contribution < 1.29 is 4.39 Å². The number of aromatic amines is 1. The van der Waals surface area contributed by atoms with Crippen LogP contribution in [0.2, 0.25) is 0 Å². The summed E-state index contributed by atoms with van der Waals surface area (Å²) in [5, 5.41) is 8.23. The van der Waals surface area contributed by atoms with E-state index < -0.39 is 0 Å². The van der Waals surface area contributed by atoms with E-state index in [4.69, 9.17) is 0 Å². The molecule has 5 rings (SSSR count). The lowest BCUT2D eigenvalue weighted by molar-refractivity contribution is 0.260. The molecule has 1 fully saturated rings. The van der Waals surface area contributed by atoms with Gasteiger partial charge in [-0.2, -0.15) is 5.10 Å². The maximum Gasteiger partial charge on any atom is 0.139 e. The van der Waals surface area contributed by atoms with Gasteiger partial charge in [0.2, 0.25) is 0 Å². The second-order valence-corrected chi connectivity index (χ2v) is 8.04. The van der Waals surface area contributed by atoms with Crippen LogP contribution in [0.5, 0.6) is 0 Å². The van der Waals surface area contributed by atoms with Crippen LogP contribution in [0.15, 0.2) is 55.0 Å². The summed E-state index contributed by atoms with van der Waals surface area (Å²) in [6.07, 6.45) is 4.45. The Bertz CT molecular complexity index is 1180. The minimum Gasteiger partial charge on any atom is -0.353 e. The van der Waals surface area contributed by atoms with Crippen molar-refractivity contribution in [2.45, 2.75) is 13.3 Å². The van der Waals surface area contributed by atoms with E-state index in [9.17, 15) is 4.39 Å². The SMILES string of the molecule is Cc1[nH]ncc1-c1ccc2ncnc(N3CCN(CCc4ccc(F)cc4)CC3)c2c1. The number of hydrogen-bond acceptors (Lipinski definition) is 5. The molecule has 0 unspecified atom stereocenters. The van der Waals surface area contributed by atoms with Gasteiger partial charge >= 0.3 is 0 Å². The monoisotopic (exact) mass is 416 g/mol. The number of aromatic nitrogens is 4. The molecule has 1 N–H and O–H groups in total. The van der Waals surface area contributed by atoms with E-state index in [2.05, 4.69) is 48.2 Å². The van der Waals surface area contributed by atoms with Crippen molar-refractivity contribution in [2.75, 3.05) is 37.6 Å². The average molecular weight is 417 g/mol. The molecule has 3 heterocycles. The van der Waals surface area contributed by atoms with Crippen LogP contribution < -0.4 is 4.90 Å². The van der Waals surface area contributed by atoms with Crippen LogP contribution in [-0.2, 0) is 6.42 Å². The van der Waals surface area contributed by atoms with E-state index in [0.717, 1.165) is 72.7 Å². The zero-order valence-corrected chi connectivity index (χ0v) is 17.6. The Hall–Kier alpha value is -3.32.